The number of rotatable bonds is 4. The summed E-state index contributed by atoms with van der Waals surface area (Å²) >= 11 is 0. The van der Waals surface area contributed by atoms with E-state index in [9.17, 15) is 0 Å². The molecule has 1 aliphatic heterocycles. The quantitative estimate of drug-likeness (QED) is 0.869. The normalized spacial score (nSPS) is 12.7. The van der Waals surface area contributed by atoms with Crippen molar-refractivity contribution in [3.8, 4) is 28.4 Å². The Morgan fingerprint density at radius 1 is 0.864 bits per heavy atom. The van der Waals surface area contributed by atoms with E-state index in [0.717, 1.165) is 41.0 Å². The van der Waals surface area contributed by atoms with Crippen molar-refractivity contribution in [1.82, 2.24) is 0 Å². The molecule has 0 saturated carbocycles. The molecule has 0 saturated heterocycles. The van der Waals surface area contributed by atoms with Crippen molar-refractivity contribution in [3.05, 3.63) is 41.5 Å². The van der Waals surface area contributed by atoms with Crippen LogP contribution in [-0.4, -0.2) is 34.1 Å². The van der Waals surface area contributed by atoms with Gasteiger partial charge in [-0.2, -0.15) is 0 Å². The van der Waals surface area contributed by atoms with Crippen LogP contribution in [0.25, 0.3) is 11.1 Å². The van der Waals surface area contributed by atoms with E-state index in [4.69, 9.17) is 14.2 Å². The number of nitrogens with zero attached hydrogens (tertiary/aromatic N) is 1. The van der Waals surface area contributed by atoms with Gasteiger partial charge >= 0.3 is 0 Å². The average molecular weight is 297 g/mol. The number of benzene rings is 2. The molecule has 0 aliphatic carbocycles. The summed E-state index contributed by atoms with van der Waals surface area (Å²) in [6, 6.07) is 10.1. The Hall–Kier alpha value is -2.49. The average Bonchev–Trinajstić information content (AvgIpc) is 2.60. The SMILES string of the molecule is COc1c2c(c(-c3ccccc3)c(OC)c1OC)C=NCC2. The molecular weight excluding hydrogens is 278 g/mol. The molecule has 1 aliphatic rings. The highest BCUT2D eigenvalue weighted by atomic mass is 16.5. The minimum Gasteiger partial charge on any atom is -0.492 e. The minimum absolute atomic E-state index is 0.637. The fourth-order valence-electron chi connectivity index (χ4n) is 2.96. The van der Waals surface area contributed by atoms with E-state index in [1.807, 2.05) is 24.4 Å². The van der Waals surface area contributed by atoms with Gasteiger partial charge in [-0.25, -0.2) is 0 Å². The van der Waals surface area contributed by atoms with Crippen molar-refractivity contribution in [2.24, 2.45) is 4.99 Å². The van der Waals surface area contributed by atoms with Crippen LogP contribution in [0.1, 0.15) is 11.1 Å². The van der Waals surface area contributed by atoms with Crippen LogP contribution in [-0.2, 0) is 6.42 Å². The lowest BCUT2D eigenvalue weighted by Crippen LogP contribution is -2.10. The van der Waals surface area contributed by atoms with Crippen molar-refractivity contribution in [1.29, 1.82) is 0 Å². The van der Waals surface area contributed by atoms with Gasteiger partial charge in [0.15, 0.2) is 11.5 Å². The lowest BCUT2D eigenvalue weighted by atomic mass is 9.90. The molecule has 22 heavy (non-hydrogen) atoms. The second-order valence-corrected chi connectivity index (χ2v) is 5.02. The third-order valence-corrected chi connectivity index (χ3v) is 3.89. The van der Waals surface area contributed by atoms with Gasteiger partial charge in [0, 0.05) is 29.4 Å². The number of ether oxygens (including phenoxy) is 3. The van der Waals surface area contributed by atoms with E-state index in [2.05, 4.69) is 17.1 Å². The van der Waals surface area contributed by atoms with Gasteiger partial charge < -0.3 is 14.2 Å². The van der Waals surface area contributed by atoms with Gasteiger partial charge in [-0.1, -0.05) is 30.3 Å². The van der Waals surface area contributed by atoms with E-state index in [1.165, 1.54) is 0 Å². The highest BCUT2D eigenvalue weighted by Gasteiger charge is 2.27. The first kappa shape index (κ1) is 14.4. The number of hydrogen-bond donors (Lipinski definition) is 0. The molecule has 0 spiro atoms. The predicted molar refractivity (Wildman–Crippen MR) is 87.7 cm³/mol. The summed E-state index contributed by atoms with van der Waals surface area (Å²) in [5.74, 6) is 2.05. The second-order valence-electron chi connectivity index (χ2n) is 5.02. The molecule has 0 atom stereocenters. The molecule has 0 radical (unpaired) electrons. The lowest BCUT2D eigenvalue weighted by Gasteiger charge is -2.24. The van der Waals surface area contributed by atoms with Crippen molar-refractivity contribution in [2.75, 3.05) is 27.9 Å². The lowest BCUT2D eigenvalue weighted by molar-refractivity contribution is 0.323. The number of methoxy groups -OCH3 is 3. The van der Waals surface area contributed by atoms with E-state index >= 15 is 0 Å². The van der Waals surface area contributed by atoms with Crippen LogP contribution >= 0.6 is 0 Å². The second kappa shape index (κ2) is 6.10. The third kappa shape index (κ3) is 2.21. The maximum atomic E-state index is 5.66. The van der Waals surface area contributed by atoms with Crippen LogP contribution in [0.4, 0.5) is 0 Å². The zero-order valence-corrected chi connectivity index (χ0v) is 13.1. The molecule has 3 rings (SSSR count). The fourth-order valence-corrected chi connectivity index (χ4v) is 2.96. The molecule has 4 heteroatoms. The van der Waals surface area contributed by atoms with E-state index < -0.39 is 0 Å². The molecule has 0 bridgehead atoms. The van der Waals surface area contributed by atoms with Crippen LogP contribution in [0.2, 0.25) is 0 Å². The van der Waals surface area contributed by atoms with Gasteiger partial charge in [0.25, 0.3) is 0 Å². The van der Waals surface area contributed by atoms with Crippen LogP contribution in [0.5, 0.6) is 17.2 Å². The first-order chi connectivity index (χ1) is 10.8. The first-order valence-electron chi connectivity index (χ1n) is 7.21. The molecule has 114 valence electrons. The summed E-state index contributed by atoms with van der Waals surface area (Å²) in [5, 5.41) is 0. The molecule has 1 heterocycles. The number of aliphatic imine (C=N–C) groups is 1. The third-order valence-electron chi connectivity index (χ3n) is 3.89. The molecular formula is C18H19NO3. The number of fused-ring (bicyclic) bond motifs is 1. The van der Waals surface area contributed by atoms with Gasteiger partial charge in [0.1, 0.15) is 0 Å². The van der Waals surface area contributed by atoms with E-state index in [-0.39, 0.29) is 0 Å². The van der Waals surface area contributed by atoms with Gasteiger partial charge in [0.05, 0.1) is 21.3 Å². The molecule has 0 aromatic heterocycles. The summed E-state index contributed by atoms with van der Waals surface area (Å²) < 4.78 is 16.9. The standard InChI is InChI=1S/C18H19NO3/c1-20-16-13-9-10-19-11-14(13)15(12-7-5-4-6-8-12)17(21-2)18(16)22-3/h4-8,11H,9-10H2,1-3H3. The first-order valence-corrected chi connectivity index (χ1v) is 7.21. The molecule has 2 aromatic carbocycles. The Labute approximate surface area is 130 Å². The highest BCUT2D eigenvalue weighted by molar-refractivity contribution is 5.98. The summed E-state index contributed by atoms with van der Waals surface area (Å²) in [7, 11) is 4.94. The summed E-state index contributed by atoms with van der Waals surface area (Å²) in [4.78, 5) is 4.43. The molecule has 4 nitrogen and oxygen atoms in total. The van der Waals surface area contributed by atoms with Crippen LogP contribution in [0.3, 0.4) is 0 Å². The summed E-state index contributed by atoms with van der Waals surface area (Å²) in [5.41, 5.74) is 4.24. The Balaban J connectivity index is 2.40. The number of hydrogen-bond acceptors (Lipinski definition) is 4. The summed E-state index contributed by atoms with van der Waals surface area (Å²) in [6.07, 6.45) is 2.74. The Kier molecular flexibility index (Phi) is 4.00. The zero-order valence-electron chi connectivity index (χ0n) is 13.1. The maximum Gasteiger partial charge on any atom is 0.204 e. The van der Waals surface area contributed by atoms with Gasteiger partial charge in [-0.05, 0) is 12.0 Å². The van der Waals surface area contributed by atoms with Gasteiger partial charge in [-0.15, -0.1) is 0 Å². The maximum absolute atomic E-state index is 5.66. The van der Waals surface area contributed by atoms with Crippen LogP contribution in [0.15, 0.2) is 35.3 Å². The highest BCUT2D eigenvalue weighted by Crippen LogP contribution is 2.49. The van der Waals surface area contributed by atoms with E-state index in [0.29, 0.717) is 11.5 Å². The molecule has 0 fully saturated rings. The van der Waals surface area contributed by atoms with Crippen LogP contribution < -0.4 is 14.2 Å². The monoisotopic (exact) mass is 297 g/mol. The van der Waals surface area contributed by atoms with Crippen molar-refractivity contribution < 1.29 is 14.2 Å². The van der Waals surface area contributed by atoms with Gasteiger partial charge in [-0.3, -0.25) is 4.99 Å². The van der Waals surface area contributed by atoms with E-state index in [1.54, 1.807) is 21.3 Å². The molecule has 2 aromatic rings. The molecule has 0 unspecified atom stereocenters. The smallest absolute Gasteiger partial charge is 0.204 e. The van der Waals surface area contributed by atoms with Crippen LogP contribution in [0, 0.1) is 0 Å². The Bertz CT molecular complexity index is 708. The van der Waals surface area contributed by atoms with Crippen molar-refractivity contribution in [2.45, 2.75) is 6.42 Å². The summed E-state index contributed by atoms with van der Waals surface area (Å²) in [6.45, 7) is 0.757. The zero-order chi connectivity index (χ0) is 15.5. The molecule has 0 N–H and O–H groups in total. The van der Waals surface area contributed by atoms with Crippen molar-refractivity contribution in [3.63, 3.8) is 0 Å². The van der Waals surface area contributed by atoms with Gasteiger partial charge in [0.2, 0.25) is 5.75 Å². The fraction of sp³-hybridized carbons (Fsp3) is 0.278. The van der Waals surface area contributed by atoms with Crippen molar-refractivity contribution >= 4 is 6.21 Å². The largest absolute Gasteiger partial charge is 0.492 e. The Morgan fingerprint density at radius 2 is 1.55 bits per heavy atom. The predicted octanol–water partition coefficient (Wildman–Crippen LogP) is 3.35. The topological polar surface area (TPSA) is 40.0 Å². The Morgan fingerprint density at radius 3 is 2.18 bits per heavy atom. The minimum atomic E-state index is 0.637. The molecule has 0 amide bonds.